The van der Waals surface area contributed by atoms with Crippen molar-refractivity contribution in [3.63, 3.8) is 0 Å². The number of ether oxygens (including phenoxy) is 1. The largest absolute Gasteiger partial charge is 0.366 e. The van der Waals surface area contributed by atoms with Crippen molar-refractivity contribution in [1.82, 2.24) is 0 Å². The van der Waals surface area contributed by atoms with E-state index in [1.54, 1.807) is 0 Å². The van der Waals surface area contributed by atoms with Crippen molar-refractivity contribution in [3.8, 4) is 6.07 Å². The van der Waals surface area contributed by atoms with Gasteiger partial charge >= 0.3 is 0 Å². The van der Waals surface area contributed by atoms with Crippen LogP contribution in [0.15, 0.2) is 12.2 Å². The third kappa shape index (κ3) is 1.05. The summed E-state index contributed by atoms with van der Waals surface area (Å²) in [5, 5.41) is 8.47. The van der Waals surface area contributed by atoms with Crippen molar-refractivity contribution in [2.24, 2.45) is 11.8 Å². The molecule has 1 saturated heterocycles. The van der Waals surface area contributed by atoms with E-state index in [1.165, 1.54) is 0 Å². The highest BCUT2D eigenvalue weighted by atomic mass is 16.5. The average Bonchev–Trinajstić information content (AvgIpc) is 2.62. The van der Waals surface area contributed by atoms with Gasteiger partial charge in [-0.3, -0.25) is 0 Å². The molecular formula is C10H13NO. The molecule has 4 atom stereocenters. The Kier molecular flexibility index (Phi) is 1.90. The van der Waals surface area contributed by atoms with Gasteiger partial charge in [-0.1, -0.05) is 19.1 Å². The Balaban J connectivity index is 1.99. The van der Waals surface area contributed by atoms with Crippen LogP contribution in [-0.4, -0.2) is 12.2 Å². The van der Waals surface area contributed by atoms with E-state index in [0.29, 0.717) is 30.5 Å². The van der Waals surface area contributed by atoms with Crippen LogP contribution in [0.3, 0.4) is 0 Å². The minimum atomic E-state index is 0.304. The molecule has 12 heavy (non-hydrogen) atoms. The van der Waals surface area contributed by atoms with Gasteiger partial charge in [0, 0.05) is 6.42 Å². The van der Waals surface area contributed by atoms with Gasteiger partial charge in [-0.15, -0.1) is 0 Å². The monoisotopic (exact) mass is 163 g/mol. The molecule has 0 aromatic heterocycles. The third-order valence-electron chi connectivity index (χ3n) is 3.01. The lowest BCUT2D eigenvalue weighted by molar-refractivity contribution is 0.103. The molecule has 2 bridgehead atoms. The first-order valence-corrected chi connectivity index (χ1v) is 4.53. The third-order valence-corrected chi connectivity index (χ3v) is 3.01. The summed E-state index contributed by atoms with van der Waals surface area (Å²) < 4.78 is 5.67. The fourth-order valence-electron chi connectivity index (χ4n) is 2.24. The summed E-state index contributed by atoms with van der Waals surface area (Å²) in [5.41, 5.74) is 0. The van der Waals surface area contributed by atoms with E-state index in [-0.39, 0.29) is 0 Å². The average molecular weight is 163 g/mol. The molecule has 2 heterocycles. The molecule has 0 aromatic carbocycles. The zero-order valence-electron chi connectivity index (χ0n) is 7.23. The highest BCUT2D eigenvalue weighted by Crippen LogP contribution is 2.40. The van der Waals surface area contributed by atoms with Crippen molar-refractivity contribution in [2.75, 3.05) is 0 Å². The quantitative estimate of drug-likeness (QED) is 0.582. The van der Waals surface area contributed by atoms with Crippen LogP contribution in [0.2, 0.25) is 0 Å². The Morgan fingerprint density at radius 2 is 2.17 bits per heavy atom. The van der Waals surface area contributed by atoms with Crippen LogP contribution < -0.4 is 0 Å². The lowest BCUT2D eigenvalue weighted by atomic mass is 9.82. The molecule has 0 spiro atoms. The van der Waals surface area contributed by atoms with Gasteiger partial charge in [0.2, 0.25) is 0 Å². The number of nitrogens with zero attached hydrogens (tertiary/aromatic N) is 1. The summed E-state index contributed by atoms with van der Waals surface area (Å²) in [7, 11) is 0. The maximum absolute atomic E-state index is 8.47. The second kappa shape index (κ2) is 2.91. The van der Waals surface area contributed by atoms with E-state index in [0.717, 1.165) is 6.42 Å². The fraction of sp³-hybridized carbons (Fsp3) is 0.700. The number of hydrogen-bond acceptors (Lipinski definition) is 2. The van der Waals surface area contributed by atoms with E-state index < -0.39 is 0 Å². The van der Waals surface area contributed by atoms with Crippen LogP contribution in [0.5, 0.6) is 0 Å². The fourth-order valence-corrected chi connectivity index (χ4v) is 2.24. The normalized spacial score (nSPS) is 43.3. The number of nitriles is 1. The molecule has 2 heteroatoms. The Morgan fingerprint density at radius 3 is 2.75 bits per heavy atom. The highest BCUT2D eigenvalue weighted by Gasteiger charge is 2.42. The van der Waals surface area contributed by atoms with Gasteiger partial charge in [0.15, 0.2) is 0 Å². The van der Waals surface area contributed by atoms with Crippen molar-refractivity contribution >= 4 is 0 Å². The Morgan fingerprint density at radius 1 is 1.42 bits per heavy atom. The van der Waals surface area contributed by atoms with E-state index >= 15 is 0 Å². The van der Waals surface area contributed by atoms with Crippen molar-refractivity contribution in [2.45, 2.75) is 32.0 Å². The molecule has 0 aromatic rings. The minimum absolute atomic E-state index is 0.304. The zero-order valence-corrected chi connectivity index (χ0v) is 7.23. The van der Waals surface area contributed by atoms with Crippen LogP contribution in [0.25, 0.3) is 0 Å². The summed E-state index contributed by atoms with van der Waals surface area (Å²) in [6.07, 6.45) is 6.58. The van der Waals surface area contributed by atoms with E-state index in [1.807, 2.05) is 0 Å². The molecule has 0 radical (unpaired) electrons. The summed E-state index contributed by atoms with van der Waals surface area (Å²) in [6, 6.07) is 2.19. The molecule has 0 aliphatic carbocycles. The maximum Gasteiger partial charge on any atom is 0.0797 e. The first-order chi connectivity index (χ1) is 5.83. The van der Waals surface area contributed by atoms with Crippen LogP contribution in [0, 0.1) is 23.2 Å². The van der Waals surface area contributed by atoms with Crippen molar-refractivity contribution < 1.29 is 4.74 Å². The molecule has 2 aliphatic heterocycles. The first-order valence-electron chi connectivity index (χ1n) is 4.53. The lowest BCUT2D eigenvalue weighted by Crippen LogP contribution is -2.21. The topological polar surface area (TPSA) is 33.0 Å². The van der Waals surface area contributed by atoms with Gasteiger partial charge in [0.25, 0.3) is 0 Å². The minimum Gasteiger partial charge on any atom is -0.366 e. The predicted molar refractivity (Wildman–Crippen MR) is 45.3 cm³/mol. The van der Waals surface area contributed by atoms with Gasteiger partial charge in [0.05, 0.1) is 18.3 Å². The number of fused-ring (bicyclic) bond motifs is 2. The SMILES string of the molecule is CC1C2C=CC(O2)C1CCC#N. The lowest BCUT2D eigenvalue weighted by Gasteiger charge is -2.19. The second-order valence-electron chi connectivity index (χ2n) is 3.67. The van der Waals surface area contributed by atoms with Gasteiger partial charge in [-0.2, -0.15) is 5.26 Å². The van der Waals surface area contributed by atoms with Gasteiger partial charge in [0.1, 0.15) is 0 Å². The van der Waals surface area contributed by atoms with Gasteiger partial charge < -0.3 is 4.74 Å². The zero-order chi connectivity index (χ0) is 8.55. The van der Waals surface area contributed by atoms with Crippen molar-refractivity contribution in [1.29, 1.82) is 5.26 Å². The second-order valence-corrected chi connectivity index (χ2v) is 3.67. The summed E-state index contributed by atoms with van der Waals surface area (Å²) >= 11 is 0. The Labute approximate surface area is 72.8 Å². The predicted octanol–water partition coefficient (Wildman–Crippen LogP) is 1.88. The van der Waals surface area contributed by atoms with Gasteiger partial charge in [-0.25, -0.2) is 0 Å². The Bertz CT molecular complexity index is 241. The molecule has 2 rings (SSSR count). The molecule has 0 saturated carbocycles. The maximum atomic E-state index is 8.47. The standard InChI is InChI=1S/C10H13NO/c1-7-8(3-2-6-11)10-5-4-9(7)12-10/h4-5,7-10H,2-3H2,1H3. The molecular weight excluding hydrogens is 150 g/mol. The summed E-state index contributed by atoms with van der Waals surface area (Å²) in [4.78, 5) is 0. The van der Waals surface area contributed by atoms with E-state index in [4.69, 9.17) is 10.00 Å². The molecule has 2 nitrogen and oxygen atoms in total. The van der Waals surface area contributed by atoms with Crippen LogP contribution in [0.4, 0.5) is 0 Å². The molecule has 64 valence electrons. The molecule has 2 aliphatic rings. The summed E-state index contributed by atoms with van der Waals surface area (Å²) in [5.74, 6) is 1.19. The first kappa shape index (κ1) is 7.82. The Hall–Kier alpha value is -0.810. The van der Waals surface area contributed by atoms with Gasteiger partial charge in [-0.05, 0) is 18.3 Å². The summed E-state index contributed by atoms with van der Waals surface area (Å²) in [6.45, 7) is 2.22. The smallest absolute Gasteiger partial charge is 0.0797 e. The molecule has 1 fully saturated rings. The van der Waals surface area contributed by atoms with Crippen LogP contribution in [-0.2, 0) is 4.74 Å². The molecule has 0 amide bonds. The number of rotatable bonds is 2. The van der Waals surface area contributed by atoms with Crippen LogP contribution in [0.1, 0.15) is 19.8 Å². The van der Waals surface area contributed by atoms with E-state index in [9.17, 15) is 0 Å². The number of hydrogen-bond donors (Lipinski definition) is 0. The van der Waals surface area contributed by atoms with E-state index in [2.05, 4.69) is 25.1 Å². The molecule has 0 N–H and O–H groups in total. The molecule has 4 unspecified atom stereocenters. The van der Waals surface area contributed by atoms with Crippen LogP contribution >= 0.6 is 0 Å². The van der Waals surface area contributed by atoms with Crippen molar-refractivity contribution in [3.05, 3.63) is 12.2 Å². The highest BCUT2D eigenvalue weighted by molar-refractivity contribution is 5.13.